The number of carboxylic acid groups (broad SMARTS) is 1. The van der Waals surface area contributed by atoms with Gasteiger partial charge in [0.05, 0.1) is 15.5 Å². The molecule has 9 heteroatoms. The van der Waals surface area contributed by atoms with E-state index >= 15 is 0 Å². The van der Waals surface area contributed by atoms with Crippen LogP contribution >= 0.6 is 0 Å². The summed E-state index contributed by atoms with van der Waals surface area (Å²) < 4.78 is 26.9. The van der Waals surface area contributed by atoms with E-state index in [0.29, 0.717) is 11.1 Å². The van der Waals surface area contributed by atoms with Crippen LogP contribution in [0.25, 0.3) is 0 Å². The largest absolute Gasteiger partial charge is 0.480 e. The van der Waals surface area contributed by atoms with Crippen molar-refractivity contribution in [3.8, 4) is 0 Å². The highest BCUT2D eigenvalue weighted by molar-refractivity contribution is 7.92. The van der Waals surface area contributed by atoms with E-state index in [1.165, 1.54) is 18.2 Å². The number of carbonyl (C=O) groups is 1. The molecular formula is C17H18N2O6S. The molecule has 0 aliphatic heterocycles. The summed E-state index contributed by atoms with van der Waals surface area (Å²) in [5.74, 6) is -1.33. The van der Waals surface area contributed by atoms with Crippen LogP contribution in [0.1, 0.15) is 16.7 Å². The number of hydrogen-bond acceptors (Lipinski definition) is 5. The van der Waals surface area contributed by atoms with Crippen molar-refractivity contribution in [2.75, 3.05) is 10.8 Å². The molecule has 0 aromatic heterocycles. The van der Waals surface area contributed by atoms with Crippen LogP contribution in [0, 0.1) is 30.9 Å². The van der Waals surface area contributed by atoms with Gasteiger partial charge in [0, 0.05) is 12.1 Å². The third-order valence-corrected chi connectivity index (χ3v) is 5.52. The molecule has 0 radical (unpaired) electrons. The average Bonchev–Trinajstić information content (AvgIpc) is 2.52. The fourth-order valence-corrected chi connectivity index (χ4v) is 4.44. The topological polar surface area (TPSA) is 118 Å². The summed E-state index contributed by atoms with van der Waals surface area (Å²) in [4.78, 5) is 21.2. The molecule has 0 saturated carbocycles. The summed E-state index contributed by atoms with van der Waals surface area (Å²) >= 11 is 0. The van der Waals surface area contributed by atoms with Crippen LogP contribution in [0.3, 0.4) is 0 Å². The van der Waals surface area contributed by atoms with Gasteiger partial charge in [-0.25, -0.2) is 8.42 Å². The van der Waals surface area contributed by atoms with Gasteiger partial charge in [0.2, 0.25) is 0 Å². The highest BCUT2D eigenvalue weighted by Crippen LogP contribution is 2.31. The van der Waals surface area contributed by atoms with Gasteiger partial charge in [-0.05, 0) is 38.0 Å². The number of non-ortho nitro benzene ring substituents is 1. The molecule has 0 spiro atoms. The summed E-state index contributed by atoms with van der Waals surface area (Å²) in [7, 11) is -4.32. The first-order valence-electron chi connectivity index (χ1n) is 7.61. The lowest BCUT2D eigenvalue weighted by Crippen LogP contribution is -2.36. The number of hydrogen-bond donors (Lipinski definition) is 1. The zero-order valence-corrected chi connectivity index (χ0v) is 15.3. The molecule has 8 nitrogen and oxygen atoms in total. The van der Waals surface area contributed by atoms with Gasteiger partial charge in [-0.3, -0.25) is 19.2 Å². The van der Waals surface area contributed by atoms with Crippen LogP contribution < -0.4 is 4.31 Å². The lowest BCUT2D eigenvalue weighted by atomic mass is 10.1. The highest BCUT2D eigenvalue weighted by atomic mass is 32.2. The molecule has 0 aliphatic carbocycles. The minimum atomic E-state index is -4.32. The van der Waals surface area contributed by atoms with Gasteiger partial charge >= 0.3 is 5.97 Å². The molecule has 0 fully saturated rings. The molecule has 0 unspecified atom stereocenters. The standard InChI is InChI=1S/C17H18N2O6S/c1-11-7-12(2)17(13(3)8-11)18(10-16(20)21)26(24,25)15-6-4-5-14(9-15)19(22)23/h4-9H,10H2,1-3H3,(H,20,21). The van der Waals surface area contributed by atoms with Crippen molar-refractivity contribution in [3.63, 3.8) is 0 Å². The Kier molecular flexibility index (Phi) is 5.31. The lowest BCUT2D eigenvalue weighted by molar-refractivity contribution is -0.385. The number of nitro benzene ring substituents is 1. The fraction of sp³-hybridized carbons (Fsp3) is 0.235. The minimum Gasteiger partial charge on any atom is -0.480 e. The molecule has 138 valence electrons. The Morgan fingerprint density at radius 2 is 1.73 bits per heavy atom. The second-order valence-electron chi connectivity index (χ2n) is 5.91. The lowest BCUT2D eigenvalue weighted by Gasteiger charge is -2.26. The van der Waals surface area contributed by atoms with Gasteiger partial charge in [-0.2, -0.15) is 0 Å². The van der Waals surface area contributed by atoms with Crippen LogP contribution in [0.5, 0.6) is 0 Å². The smallest absolute Gasteiger partial charge is 0.324 e. The number of aliphatic carboxylic acids is 1. The van der Waals surface area contributed by atoms with Crippen LogP contribution in [0.4, 0.5) is 11.4 Å². The summed E-state index contributed by atoms with van der Waals surface area (Å²) in [6.07, 6.45) is 0. The summed E-state index contributed by atoms with van der Waals surface area (Å²) in [5, 5.41) is 20.2. The molecular weight excluding hydrogens is 360 g/mol. The zero-order chi connectivity index (χ0) is 19.6. The van der Waals surface area contributed by atoms with E-state index in [1.54, 1.807) is 26.0 Å². The summed E-state index contributed by atoms with van der Waals surface area (Å²) in [5.41, 5.74) is 1.96. The van der Waals surface area contributed by atoms with Crippen molar-refractivity contribution in [3.05, 3.63) is 63.2 Å². The number of nitrogens with zero attached hydrogens (tertiary/aromatic N) is 2. The molecule has 0 heterocycles. The van der Waals surface area contributed by atoms with Gasteiger partial charge in [0.15, 0.2) is 0 Å². The molecule has 26 heavy (non-hydrogen) atoms. The zero-order valence-electron chi connectivity index (χ0n) is 14.5. The maximum atomic E-state index is 13.1. The SMILES string of the molecule is Cc1cc(C)c(N(CC(=O)O)S(=O)(=O)c2cccc([N+](=O)[O-])c2)c(C)c1. The quantitative estimate of drug-likeness (QED) is 0.610. The van der Waals surface area contributed by atoms with Gasteiger partial charge in [-0.1, -0.05) is 23.8 Å². The predicted octanol–water partition coefficient (Wildman–Crippen LogP) is 2.80. The second-order valence-corrected chi connectivity index (χ2v) is 7.77. The molecule has 0 bridgehead atoms. The highest BCUT2D eigenvalue weighted by Gasteiger charge is 2.30. The Morgan fingerprint density at radius 1 is 1.15 bits per heavy atom. The Labute approximate surface area is 150 Å². The van der Waals surface area contributed by atoms with E-state index in [9.17, 15) is 28.4 Å². The van der Waals surface area contributed by atoms with E-state index < -0.39 is 33.1 Å². The number of aryl methyl sites for hydroxylation is 3. The van der Waals surface area contributed by atoms with Crippen molar-refractivity contribution < 1.29 is 23.2 Å². The minimum absolute atomic E-state index is 0.254. The van der Waals surface area contributed by atoms with E-state index in [0.717, 1.165) is 15.9 Å². The molecule has 1 N–H and O–H groups in total. The van der Waals surface area contributed by atoms with Gasteiger partial charge in [0.1, 0.15) is 6.54 Å². The Bertz CT molecular complexity index is 961. The fourth-order valence-electron chi connectivity index (χ4n) is 2.86. The van der Waals surface area contributed by atoms with Crippen molar-refractivity contribution in [1.82, 2.24) is 0 Å². The number of rotatable bonds is 6. The Hall–Kier alpha value is -2.94. The molecule has 2 aromatic carbocycles. The molecule has 0 aliphatic rings. The number of sulfonamides is 1. The maximum Gasteiger partial charge on any atom is 0.324 e. The van der Waals surface area contributed by atoms with Gasteiger partial charge in [0.25, 0.3) is 15.7 Å². The van der Waals surface area contributed by atoms with Gasteiger partial charge in [-0.15, -0.1) is 0 Å². The first-order valence-corrected chi connectivity index (χ1v) is 9.05. The number of benzene rings is 2. The Balaban J connectivity index is 2.69. The van der Waals surface area contributed by atoms with Crippen molar-refractivity contribution >= 4 is 27.4 Å². The van der Waals surface area contributed by atoms with E-state index in [1.807, 2.05) is 6.92 Å². The molecule has 0 saturated heterocycles. The van der Waals surface area contributed by atoms with Crippen LogP contribution in [0.2, 0.25) is 0 Å². The molecule has 0 amide bonds. The Morgan fingerprint density at radius 3 is 2.23 bits per heavy atom. The van der Waals surface area contributed by atoms with E-state index in [4.69, 9.17) is 0 Å². The van der Waals surface area contributed by atoms with Crippen molar-refractivity contribution in [2.45, 2.75) is 25.7 Å². The van der Waals surface area contributed by atoms with Crippen molar-refractivity contribution in [1.29, 1.82) is 0 Å². The van der Waals surface area contributed by atoms with E-state index in [2.05, 4.69) is 0 Å². The average molecular weight is 378 g/mol. The first kappa shape index (κ1) is 19.4. The first-order chi connectivity index (χ1) is 12.0. The summed E-state index contributed by atoms with van der Waals surface area (Å²) in [6.45, 7) is 4.43. The van der Waals surface area contributed by atoms with Crippen molar-refractivity contribution in [2.24, 2.45) is 0 Å². The van der Waals surface area contributed by atoms with E-state index in [-0.39, 0.29) is 10.6 Å². The van der Waals surface area contributed by atoms with Gasteiger partial charge < -0.3 is 5.11 Å². The second kappa shape index (κ2) is 7.12. The number of anilines is 1. The van der Waals surface area contributed by atoms with Crippen LogP contribution in [-0.2, 0) is 14.8 Å². The monoisotopic (exact) mass is 378 g/mol. The molecule has 2 rings (SSSR count). The maximum absolute atomic E-state index is 13.1. The molecule has 2 aromatic rings. The number of nitro groups is 1. The third-order valence-electron chi connectivity index (χ3n) is 3.78. The summed E-state index contributed by atoms with van der Waals surface area (Å²) in [6, 6.07) is 8.04. The van der Waals surface area contributed by atoms with Crippen LogP contribution in [0.15, 0.2) is 41.3 Å². The van der Waals surface area contributed by atoms with Crippen LogP contribution in [-0.4, -0.2) is 31.0 Å². The third kappa shape index (κ3) is 3.83. The normalized spacial score (nSPS) is 11.2. The molecule has 0 atom stereocenters. The predicted molar refractivity (Wildman–Crippen MR) is 95.9 cm³/mol. The number of carboxylic acids is 1.